The maximum absolute atomic E-state index is 13.8. The molecule has 5 aromatic carbocycles. The second-order valence-electron chi connectivity index (χ2n) is 29.4. The quantitative estimate of drug-likeness (QED) is 0.0236. The van der Waals surface area contributed by atoms with Crippen molar-refractivity contribution >= 4 is 68.3 Å². The molecule has 4 atom stereocenters. The standard InChI is InChI=1S/C77H90N12O9S/c1-48(2)64(84-72(94)96-40-62-56-19-9-7-17-54(56)55-18-8-10-20-57(55)62)37-81-53(16-14-31-79-70(78)93)35-80-52-26-24-50(25-27-52)39-97-73(95)87(6)33-34-98-77-44-74(4)41-75(5,45-77)43-76(42-74,46-77)47-89-49(3)60(36-82-89)58-28-29-66(85-67(58)69(91)92)88-32-30-51-15-13-21-59(61(51)38-88)68(90)86-71-83-63-22-11-12-23-65(63)99-71/h7-13,15,17-29,36,48,53,62,64,80-81H,14,16,30-35,37-47H2,1-6H3,(H,84,94)(H,91,92)(H3,78,79,93)(H,83,86,90)/t53-,64+,74?,75?,76?,77?/m0/s1. The molecule has 4 saturated carbocycles. The van der Waals surface area contributed by atoms with Crippen LogP contribution in [0.1, 0.15) is 139 Å². The first kappa shape index (κ1) is 68.2. The number of likely N-dealkylation sites (N-methyl/N-ethyl adjacent to an activating group) is 1. The molecule has 5 amide bonds. The first-order chi connectivity index (χ1) is 47.6. The van der Waals surface area contributed by atoms with Gasteiger partial charge in [-0.3, -0.25) is 14.8 Å². The van der Waals surface area contributed by atoms with Gasteiger partial charge < -0.3 is 56.1 Å². The van der Waals surface area contributed by atoms with Gasteiger partial charge in [-0.1, -0.05) is 124 Å². The number of primary amides is 1. The predicted octanol–water partition coefficient (Wildman–Crippen LogP) is 13.2. The number of hydrogen-bond acceptors (Lipinski definition) is 15. The first-order valence-electron chi connectivity index (χ1n) is 34.6. The molecule has 3 aromatic heterocycles. The fraction of sp³-hybridized carbons (Fsp3) is 0.429. The zero-order valence-electron chi connectivity index (χ0n) is 57.3. The largest absolute Gasteiger partial charge is 0.476 e. The second kappa shape index (κ2) is 28.5. The Morgan fingerprint density at radius 3 is 2.24 bits per heavy atom. The van der Waals surface area contributed by atoms with Crippen LogP contribution in [0.4, 0.5) is 31.0 Å². The molecule has 0 saturated heterocycles. The number of benzene rings is 5. The summed E-state index contributed by atoms with van der Waals surface area (Å²) >= 11 is 1.43. The van der Waals surface area contributed by atoms with Crippen LogP contribution in [0.2, 0.25) is 0 Å². The normalized spacial score (nSPS) is 20.9. The summed E-state index contributed by atoms with van der Waals surface area (Å²) in [5.41, 5.74) is 16.7. The fourth-order valence-corrected chi connectivity index (χ4v) is 18.4. The van der Waals surface area contributed by atoms with E-state index < -0.39 is 24.2 Å². The van der Waals surface area contributed by atoms with Gasteiger partial charge in [0, 0.05) is 98.9 Å². The summed E-state index contributed by atoms with van der Waals surface area (Å²) in [4.78, 5) is 78.4. The summed E-state index contributed by atoms with van der Waals surface area (Å²) in [6.07, 6.45) is 8.84. The molecule has 21 nitrogen and oxygen atoms in total. The maximum atomic E-state index is 13.8. The summed E-state index contributed by atoms with van der Waals surface area (Å²) in [6.45, 7) is 15.1. The second-order valence-corrected chi connectivity index (χ2v) is 30.4. The molecule has 1 aliphatic heterocycles. The summed E-state index contributed by atoms with van der Waals surface area (Å²) < 4.78 is 21.8. The summed E-state index contributed by atoms with van der Waals surface area (Å²) in [7, 11) is 1.74. The van der Waals surface area contributed by atoms with Crippen molar-refractivity contribution in [3.63, 3.8) is 0 Å². The third-order valence-corrected chi connectivity index (χ3v) is 22.0. The van der Waals surface area contributed by atoms with Gasteiger partial charge in [-0.2, -0.15) is 5.10 Å². The maximum Gasteiger partial charge on any atom is 0.409 e. The molecule has 6 aliphatic rings. The van der Waals surface area contributed by atoms with E-state index in [9.17, 15) is 29.1 Å². The molecule has 99 heavy (non-hydrogen) atoms. The van der Waals surface area contributed by atoms with Crippen LogP contribution in [0.3, 0.4) is 0 Å². The Balaban J connectivity index is 0.586. The zero-order chi connectivity index (χ0) is 69.2. The average molecular weight is 1360 g/mol. The number of nitrogens with one attached hydrogen (secondary N) is 5. The van der Waals surface area contributed by atoms with Gasteiger partial charge in [0.25, 0.3) is 5.91 Å². The number of para-hydroxylation sites is 1. The third-order valence-electron chi connectivity index (χ3n) is 21.1. The van der Waals surface area contributed by atoms with E-state index >= 15 is 0 Å². The molecule has 4 heterocycles. The lowest BCUT2D eigenvalue weighted by Crippen LogP contribution is -2.64. The Kier molecular flexibility index (Phi) is 19.6. The topological polar surface area (TPSA) is 270 Å². The van der Waals surface area contributed by atoms with Crippen molar-refractivity contribution in [2.45, 2.75) is 136 Å². The van der Waals surface area contributed by atoms with E-state index in [1.807, 2.05) is 115 Å². The Hall–Kier alpha value is -9.38. The number of rotatable bonds is 27. The highest BCUT2D eigenvalue weighted by atomic mass is 32.1. The number of pyridine rings is 1. The number of aromatic carboxylic acids is 1. The van der Waals surface area contributed by atoms with Gasteiger partial charge in [-0.15, -0.1) is 0 Å². The lowest BCUT2D eigenvalue weighted by molar-refractivity contribution is -0.248. The van der Waals surface area contributed by atoms with Gasteiger partial charge >= 0.3 is 24.2 Å². The number of ether oxygens (including phenoxy) is 3. The molecule has 14 rings (SSSR count). The van der Waals surface area contributed by atoms with Gasteiger partial charge in [0.05, 0.1) is 28.6 Å². The van der Waals surface area contributed by atoms with Crippen molar-refractivity contribution in [1.29, 1.82) is 0 Å². The summed E-state index contributed by atoms with van der Waals surface area (Å²) in [5.74, 6) is -0.792. The Bertz CT molecular complexity index is 4230. The Morgan fingerprint density at radius 1 is 0.798 bits per heavy atom. The molecule has 518 valence electrons. The van der Waals surface area contributed by atoms with E-state index in [1.54, 1.807) is 18.1 Å². The van der Waals surface area contributed by atoms with Gasteiger partial charge in [0.15, 0.2) is 10.8 Å². The van der Waals surface area contributed by atoms with Crippen molar-refractivity contribution in [3.8, 4) is 22.3 Å². The smallest absolute Gasteiger partial charge is 0.409 e. The predicted molar refractivity (Wildman–Crippen MR) is 384 cm³/mol. The molecular weight excluding hydrogens is 1270 g/mol. The number of nitrogens with zero attached hydrogens (tertiary/aromatic N) is 6. The Morgan fingerprint density at radius 2 is 1.53 bits per heavy atom. The first-order valence-corrected chi connectivity index (χ1v) is 35.5. The minimum atomic E-state index is -1.13. The number of carboxylic acid groups (broad SMARTS) is 1. The number of nitrogens with two attached hydrogens (primary N) is 1. The number of thiazole rings is 1. The van der Waals surface area contributed by atoms with Crippen molar-refractivity contribution in [3.05, 3.63) is 178 Å². The zero-order valence-corrected chi connectivity index (χ0v) is 58.1. The number of alkyl carbamates (subject to hydrolysis) is 1. The molecule has 0 spiro atoms. The fourth-order valence-electron chi connectivity index (χ4n) is 17.5. The lowest BCUT2D eigenvalue weighted by Gasteiger charge is -2.69. The molecule has 4 bridgehead atoms. The molecule has 2 unspecified atom stereocenters. The summed E-state index contributed by atoms with van der Waals surface area (Å²) in [5, 5.41) is 32.3. The van der Waals surface area contributed by atoms with Gasteiger partial charge in [0.2, 0.25) is 0 Å². The number of amides is 5. The van der Waals surface area contributed by atoms with Crippen LogP contribution >= 0.6 is 11.3 Å². The highest BCUT2D eigenvalue weighted by molar-refractivity contribution is 7.22. The number of anilines is 3. The van der Waals surface area contributed by atoms with E-state index in [0.717, 1.165) is 99.9 Å². The minimum Gasteiger partial charge on any atom is -0.476 e. The number of carbonyl (C=O) groups is 5. The number of carboxylic acids is 1. The van der Waals surface area contributed by atoms with Crippen molar-refractivity contribution in [1.82, 2.24) is 40.6 Å². The number of urea groups is 1. The molecule has 22 heteroatoms. The molecule has 0 radical (unpaired) electrons. The number of carbonyl (C=O) groups excluding carboxylic acids is 4. The minimum absolute atomic E-state index is 0.0300. The van der Waals surface area contributed by atoms with Crippen LogP contribution in [-0.2, 0) is 40.3 Å². The van der Waals surface area contributed by atoms with Crippen molar-refractivity contribution in [2.24, 2.45) is 27.9 Å². The van der Waals surface area contributed by atoms with Crippen LogP contribution in [0.25, 0.3) is 32.5 Å². The van der Waals surface area contributed by atoms with Crippen LogP contribution in [0.15, 0.2) is 134 Å². The third kappa shape index (κ3) is 15.1. The molecule has 8 N–H and O–H groups in total. The van der Waals surface area contributed by atoms with Gasteiger partial charge in [-0.25, -0.2) is 29.1 Å². The molecule has 4 fully saturated rings. The monoisotopic (exact) mass is 1360 g/mol. The highest BCUT2D eigenvalue weighted by Gasteiger charge is 2.66. The van der Waals surface area contributed by atoms with Crippen LogP contribution < -0.4 is 37.2 Å². The van der Waals surface area contributed by atoms with E-state index in [4.69, 9.17) is 30.0 Å². The number of fused-ring (bicyclic) bond motifs is 5. The SMILES string of the molecule is Cc1c(-c2ccc(N3CCc4cccc(C(=O)Nc5nc6ccccc6s5)c4C3)nc2C(=O)O)cnn1CC12CC3(C)CC(C)(C1)CC(OCCN(C)C(=O)OCc1ccc(NC[C@H](CCCNC(N)=O)NC[C@@H](NC(=O)OCC4c5ccccc5-c5ccccc54)C(C)C)cc1)(C3)C2. The number of hydrogen-bond donors (Lipinski definition) is 7. The van der Waals surface area contributed by atoms with E-state index in [0.29, 0.717) is 87.3 Å². The highest BCUT2D eigenvalue weighted by Crippen LogP contribution is 2.72. The van der Waals surface area contributed by atoms with E-state index in [-0.39, 0.29) is 70.6 Å². The van der Waals surface area contributed by atoms with Crippen molar-refractivity contribution in [2.75, 3.05) is 68.5 Å². The number of aromatic nitrogens is 4. The van der Waals surface area contributed by atoms with Crippen LogP contribution in [0.5, 0.6) is 0 Å². The molecule has 5 aliphatic carbocycles. The average Bonchev–Trinajstić information content (AvgIpc) is 1.32. The van der Waals surface area contributed by atoms with Gasteiger partial charge in [0.1, 0.15) is 19.0 Å². The van der Waals surface area contributed by atoms with Gasteiger partial charge in [-0.05, 0) is 168 Å². The van der Waals surface area contributed by atoms with E-state index in [2.05, 4.69) is 88.2 Å². The van der Waals surface area contributed by atoms with Crippen molar-refractivity contribution < 1.29 is 43.3 Å². The van der Waals surface area contributed by atoms with Crippen LogP contribution in [0, 0.1) is 29.1 Å². The molecule has 8 aromatic rings. The molecular formula is C77H90N12O9S. The van der Waals surface area contributed by atoms with Crippen LogP contribution in [-0.4, -0.2) is 131 Å². The Labute approximate surface area is 582 Å². The summed E-state index contributed by atoms with van der Waals surface area (Å²) in [6, 6.07) is 40.8. The van der Waals surface area contributed by atoms with E-state index in [1.165, 1.54) is 22.5 Å². The lowest BCUT2D eigenvalue weighted by atomic mass is 9.39.